The molecule has 9 nitrogen and oxygen atoms in total. The maximum atomic E-state index is 12.8. The Kier molecular flexibility index (Phi) is 5.70. The second-order valence-corrected chi connectivity index (χ2v) is 8.06. The molecule has 33 heavy (non-hydrogen) atoms. The van der Waals surface area contributed by atoms with E-state index in [0.29, 0.717) is 26.3 Å². The van der Waals surface area contributed by atoms with Crippen molar-refractivity contribution in [2.75, 3.05) is 44.8 Å². The highest BCUT2D eigenvalue weighted by Gasteiger charge is 2.20. The minimum atomic E-state index is 0.0737. The second-order valence-electron chi connectivity index (χ2n) is 8.06. The first-order chi connectivity index (χ1) is 16.1. The summed E-state index contributed by atoms with van der Waals surface area (Å²) in [6.45, 7) is 4.64. The molecule has 1 aliphatic heterocycles. The van der Waals surface area contributed by atoms with Crippen molar-refractivity contribution in [3.05, 3.63) is 54.5 Å². The number of nitrogens with zero attached hydrogens (tertiary/aromatic N) is 6. The highest BCUT2D eigenvalue weighted by atomic mass is 16.5. The minimum Gasteiger partial charge on any atom is -0.378 e. The lowest BCUT2D eigenvalue weighted by Gasteiger charge is -2.29. The van der Waals surface area contributed by atoms with Gasteiger partial charge in [-0.3, -0.25) is 19.9 Å². The Labute approximate surface area is 191 Å². The van der Waals surface area contributed by atoms with Gasteiger partial charge in [0, 0.05) is 43.8 Å². The number of aromatic amines is 1. The van der Waals surface area contributed by atoms with E-state index in [1.807, 2.05) is 66.4 Å². The van der Waals surface area contributed by atoms with E-state index in [-0.39, 0.29) is 12.5 Å². The Morgan fingerprint density at radius 3 is 2.79 bits per heavy atom. The fourth-order valence-electron chi connectivity index (χ4n) is 4.03. The molecule has 4 aromatic heterocycles. The van der Waals surface area contributed by atoms with Gasteiger partial charge in [0.2, 0.25) is 5.91 Å². The number of anilines is 1. The van der Waals surface area contributed by atoms with Crippen molar-refractivity contribution >= 4 is 22.6 Å². The predicted octanol–water partition coefficient (Wildman–Crippen LogP) is 2.69. The number of ether oxygens (including phenoxy) is 1. The van der Waals surface area contributed by atoms with E-state index in [2.05, 4.69) is 20.2 Å². The van der Waals surface area contributed by atoms with Crippen LogP contribution in [0.2, 0.25) is 0 Å². The summed E-state index contributed by atoms with van der Waals surface area (Å²) in [6.07, 6.45) is 3.57. The maximum Gasteiger partial charge on any atom is 0.242 e. The number of fused-ring (bicyclic) bond motifs is 1. The Morgan fingerprint density at radius 2 is 1.97 bits per heavy atom. The molecule has 9 heteroatoms. The van der Waals surface area contributed by atoms with Crippen LogP contribution in [0.1, 0.15) is 5.69 Å². The minimum absolute atomic E-state index is 0.0737. The van der Waals surface area contributed by atoms with Crippen LogP contribution >= 0.6 is 0 Å². The molecule has 5 rings (SSSR count). The molecule has 0 aromatic carbocycles. The van der Waals surface area contributed by atoms with Gasteiger partial charge in [-0.25, -0.2) is 4.98 Å². The molecule has 0 aliphatic carbocycles. The molecule has 1 fully saturated rings. The number of amides is 1. The summed E-state index contributed by atoms with van der Waals surface area (Å²) in [5.41, 5.74) is 6.42. The van der Waals surface area contributed by atoms with Crippen LogP contribution in [0.3, 0.4) is 0 Å². The van der Waals surface area contributed by atoms with Gasteiger partial charge in [0.25, 0.3) is 0 Å². The molecule has 1 saturated heterocycles. The van der Waals surface area contributed by atoms with Crippen LogP contribution in [-0.2, 0) is 9.53 Å². The Morgan fingerprint density at radius 1 is 1.12 bits per heavy atom. The molecule has 1 amide bonds. The Hall–Kier alpha value is -3.85. The van der Waals surface area contributed by atoms with Crippen molar-refractivity contribution in [2.45, 2.75) is 6.92 Å². The van der Waals surface area contributed by atoms with Crippen LogP contribution in [0.4, 0.5) is 5.69 Å². The Balaban J connectivity index is 1.48. The zero-order valence-corrected chi connectivity index (χ0v) is 18.7. The zero-order chi connectivity index (χ0) is 22.8. The predicted molar refractivity (Wildman–Crippen MR) is 126 cm³/mol. The molecule has 0 bridgehead atoms. The number of aryl methyl sites for hydroxylation is 1. The van der Waals surface area contributed by atoms with Crippen LogP contribution in [0, 0.1) is 6.92 Å². The van der Waals surface area contributed by atoms with Gasteiger partial charge in [-0.15, -0.1) is 0 Å². The first-order valence-corrected chi connectivity index (χ1v) is 10.9. The quantitative estimate of drug-likeness (QED) is 0.506. The van der Waals surface area contributed by atoms with Crippen molar-refractivity contribution in [1.82, 2.24) is 30.0 Å². The van der Waals surface area contributed by atoms with Crippen LogP contribution in [-0.4, -0.2) is 75.9 Å². The topological polar surface area (TPSA) is 100 Å². The smallest absolute Gasteiger partial charge is 0.242 e. The van der Waals surface area contributed by atoms with Gasteiger partial charge >= 0.3 is 0 Å². The molecular formula is C24H25N7O2. The van der Waals surface area contributed by atoms with E-state index in [0.717, 1.165) is 45.1 Å². The molecule has 0 saturated carbocycles. The van der Waals surface area contributed by atoms with Gasteiger partial charge in [0.05, 0.1) is 42.4 Å². The summed E-state index contributed by atoms with van der Waals surface area (Å²) >= 11 is 0. The number of nitrogens with one attached hydrogen (secondary N) is 1. The third-order valence-electron chi connectivity index (χ3n) is 5.76. The fourth-order valence-corrected chi connectivity index (χ4v) is 4.03. The molecule has 1 N–H and O–H groups in total. The zero-order valence-electron chi connectivity index (χ0n) is 18.7. The number of likely N-dealkylation sites (N-methyl/N-ethyl adjacent to an activating group) is 1. The van der Waals surface area contributed by atoms with Crippen LogP contribution in [0.5, 0.6) is 0 Å². The normalized spacial score (nSPS) is 13.9. The van der Waals surface area contributed by atoms with Crippen molar-refractivity contribution in [1.29, 1.82) is 0 Å². The highest BCUT2D eigenvalue weighted by molar-refractivity contribution is 5.92. The third-order valence-corrected chi connectivity index (χ3v) is 5.76. The summed E-state index contributed by atoms with van der Waals surface area (Å²) in [7, 11) is 1.90. The van der Waals surface area contributed by atoms with Crippen LogP contribution < -0.4 is 4.90 Å². The van der Waals surface area contributed by atoms with Crippen LogP contribution in [0.15, 0.2) is 48.8 Å². The monoisotopic (exact) mass is 443 g/mol. The van der Waals surface area contributed by atoms with Gasteiger partial charge in [0.1, 0.15) is 11.2 Å². The average Bonchev–Trinajstić information content (AvgIpc) is 3.34. The molecular weight excluding hydrogens is 418 g/mol. The van der Waals surface area contributed by atoms with Crippen LogP contribution in [0.25, 0.3) is 33.7 Å². The van der Waals surface area contributed by atoms with Crippen molar-refractivity contribution in [2.24, 2.45) is 0 Å². The summed E-state index contributed by atoms with van der Waals surface area (Å²) in [5.74, 6) is 0.0737. The maximum absolute atomic E-state index is 12.8. The highest BCUT2D eigenvalue weighted by Crippen LogP contribution is 2.31. The van der Waals surface area contributed by atoms with E-state index in [4.69, 9.17) is 9.72 Å². The SMILES string of the molecule is Cc1cccc(-c2n[nH]cc2-c2ccc3nccc(N(C)CC(=O)N4CCOCC4)c3n2)n1. The first kappa shape index (κ1) is 21.0. The molecule has 0 spiro atoms. The largest absolute Gasteiger partial charge is 0.378 e. The summed E-state index contributed by atoms with van der Waals surface area (Å²) < 4.78 is 5.36. The lowest BCUT2D eigenvalue weighted by atomic mass is 10.1. The number of carbonyl (C=O) groups excluding carboxylic acids is 1. The van der Waals surface area contributed by atoms with Crippen molar-refractivity contribution in [3.63, 3.8) is 0 Å². The number of H-pyrrole nitrogens is 1. The van der Waals surface area contributed by atoms with Gasteiger partial charge in [-0.2, -0.15) is 5.10 Å². The molecule has 0 radical (unpaired) electrons. The molecule has 4 aromatic rings. The molecule has 168 valence electrons. The number of aromatic nitrogens is 5. The number of pyridine rings is 3. The lowest BCUT2D eigenvalue weighted by Crippen LogP contribution is -2.45. The van der Waals surface area contributed by atoms with E-state index in [1.165, 1.54) is 0 Å². The number of hydrogen-bond acceptors (Lipinski definition) is 7. The van der Waals surface area contributed by atoms with Gasteiger partial charge < -0.3 is 14.5 Å². The Bertz CT molecular complexity index is 1300. The number of carbonyl (C=O) groups is 1. The summed E-state index contributed by atoms with van der Waals surface area (Å²) in [6, 6.07) is 11.6. The molecule has 0 atom stereocenters. The molecule has 1 aliphatic rings. The van der Waals surface area contributed by atoms with Crippen molar-refractivity contribution < 1.29 is 9.53 Å². The molecule has 0 unspecified atom stereocenters. The van der Waals surface area contributed by atoms with Gasteiger partial charge in [0.15, 0.2) is 0 Å². The van der Waals surface area contributed by atoms with E-state index < -0.39 is 0 Å². The van der Waals surface area contributed by atoms with Crippen molar-refractivity contribution in [3.8, 4) is 22.6 Å². The average molecular weight is 444 g/mol. The van der Waals surface area contributed by atoms with E-state index in [1.54, 1.807) is 6.20 Å². The third kappa shape index (κ3) is 4.27. The lowest BCUT2D eigenvalue weighted by molar-refractivity contribution is -0.133. The number of morpholine rings is 1. The van der Waals surface area contributed by atoms with Gasteiger partial charge in [-0.1, -0.05) is 6.07 Å². The number of hydrogen-bond donors (Lipinski definition) is 1. The summed E-state index contributed by atoms with van der Waals surface area (Å²) in [4.78, 5) is 30.6. The van der Waals surface area contributed by atoms with E-state index in [9.17, 15) is 4.79 Å². The summed E-state index contributed by atoms with van der Waals surface area (Å²) in [5, 5.41) is 7.36. The van der Waals surface area contributed by atoms with E-state index >= 15 is 0 Å². The standard InChI is InChI=1S/C24H25N7O2/c1-16-4-3-5-20(27-16)23-17(14-26-29-23)18-6-7-19-24(28-18)21(8-9-25-19)30(2)15-22(32)31-10-12-33-13-11-31/h3-9,14H,10-13,15H2,1-2H3,(H,26,29). The molecule has 5 heterocycles. The van der Waals surface area contributed by atoms with Gasteiger partial charge in [-0.05, 0) is 37.3 Å². The fraction of sp³-hybridized carbons (Fsp3) is 0.292. The first-order valence-electron chi connectivity index (χ1n) is 10.9. The number of rotatable bonds is 5. The second kappa shape index (κ2) is 8.95.